The van der Waals surface area contributed by atoms with E-state index >= 15 is 0 Å². The number of rotatable bonds is 6. The largest absolute Gasteiger partial charge is 0.352 e. The molecule has 4 aromatic rings. The van der Waals surface area contributed by atoms with Crippen molar-refractivity contribution >= 4 is 29.9 Å². The number of aromatic nitrogens is 4. The van der Waals surface area contributed by atoms with Crippen LogP contribution in [0.25, 0.3) is 16.9 Å². The van der Waals surface area contributed by atoms with Gasteiger partial charge in [-0.15, -0.1) is 24.0 Å². The quantitative estimate of drug-likeness (QED) is 0.225. The second-order valence-electron chi connectivity index (χ2n) is 6.95. The van der Waals surface area contributed by atoms with E-state index in [0.717, 1.165) is 34.3 Å². The maximum absolute atomic E-state index is 4.52. The van der Waals surface area contributed by atoms with E-state index in [1.807, 2.05) is 65.4 Å². The molecular formula is C23H26IN7. The van der Waals surface area contributed by atoms with E-state index in [1.54, 1.807) is 13.2 Å². The van der Waals surface area contributed by atoms with Crippen molar-refractivity contribution in [3.05, 3.63) is 90.6 Å². The number of aromatic amines is 1. The van der Waals surface area contributed by atoms with Crippen LogP contribution in [-0.2, 0) is 13.1 Å². The number of benzene rings is 2. The van der Waals surface area contributed by atoms with Crippen LogP contribution >= 0.6 is 24.0 Å². The monoisotopic (exact) mass is 527 g/mol. The van der Waals surface area contributed by atoms with E-state index in [4.69, 9.17) is 0 Å². The Hall–Kier alpha value is -3.14. The third-order valence-corrected chi connectivity index (χ3v) is 4.85. The lowest BCUT2D eigenvalue weighted by molar-refractivity contribution is 0.464. The van der Waals surface area contributed by atoms with E-state index in [0.29, 0.717) is 13.1 Å². The number of para-hydroxylation sites is 1. The number of nitrogens with one attached hydrogen (secondary N) is 2. The Morgan fingerprint density at radius 3 is 2.61 bits per heavy atom. The van der Waals surface area contributed by atoms with Crippen LogP contribution < -0.4 is 5.32 Å². The molecule has 0 saturated heterocycles. The van der Waals surface area contributed by atoms with Gasteiger partial charge in [0, 0.05) is 33.0 Å². The summed E-state index contributed by atoms with van der Waals surface area (Å²) in [7, 11) is 3.79. The molecule has 0 radical (unpaired) electrons. The third kappa shape index (κ3) is 5.52. The SMILES string of the molecule is CN=C(NCc1ccccc1-n1cccn1)N(C)Cc1ncc(-c2ccccc2)[nH]1.I. The third-order valence-electron chi connectivity index (χ3n) is 4.85. The maximum atomic E-state index is 4.52. The fraction of sp³-hybridized carbons (Fsp3) is 0.174. The number of guanidine groups is 1. The van der Waals surface area contributed by atoms with Crippen molar-refractivity contribution < 1.29 is 0 Å². The Labute approximate surface area is 199 Å². The van der Waals surface area contributed by atoms with E-state index in [2.05, 4.69) is 49.6 Å². The fourth-order valence-corrected chi connectivity index (χ4v) is 3.36. The van der Waals surface area contributed by atoms with Gasteiger partial charge < -0.3 is 15.2 Å². The Bertz CT molecular complexity index is 1100. The highest BCUT2D eigenvalue weighted by atomic mass is 127. The summed E-state index contributed by atoms with van der Waals surface area (Å²) in [6, 6.07) is 20.3. The summed E-state index contributed by atoms with van der Waals surface area (Å²) in [4.78, 5) is 14.4. The fourth-order valence-electron chi connectivity index (χ4n) is 3.36. The molecule has 8 heteroatoms. The van der Waals surface area contributed by atoms with Crippen molar-refractivity contribution in [1.82, 2.24) is 30.0 Å². The number of hydrogen-bond acceptors (Lipinski definition) is 3. The number of nitrogens with zero attached hydrogens (tertiary/aromatic N) is 5. The molecule has 0 spiro atoms. The lowest BCUT2D eigenvalue weighted by Crippen LogP contribution is -2.38. The van der Waals surface area contributed by atoms with E-state index in [9.17, 15) is 0 Å². The molecule has 0 fully saturated rings. The smallest absolute Gasteiger partial charge is 0.194 e. The van der Waals surface area contributed by atoms with E-state index < -0.39 is 0 Å². The molecule has 7 nitrogen and oxygen atoms in total. The van der Waals surface area contributed by atoms with Crippen molar-refractivity contribution in [1.29, 1.82) is 0 Å². The zero-order valence-corrected chi connectivity index (χ0v) is 19.9. The first-order valence-corrected chi connectivity index (χ1v) is 9.83. The standard InChI is InChI=1S/C23H25N7.HI/c1-24-23(26-15-19-11-6-7-12-21(19)30-14-8-13-27-30)29(2)17-22-25-16-20(28-22)18-9-4-3-5-10-18;/h3-14,16H,15,17H2,1-2H3,(H,24,26)(H,25,28);1H. The Kier molecular flexibility index (Phi) is 7.82. The molecule has 0 amide bonds. The Balaban J connectivity index is 0.00000272. The summed E-state index contributed by atoms with van der Waals surface area (Å²) in [5.41, 5.74) is 4.32. The number of imidazole rings is 1. The highest BCUT2D eigenvalue weighted by Gasteiger charge is 2.11. The van der Waals surface area contributed by atoms with Gasteiger partial charge in [0.05, 0.1) is 24.1 Å². The van der Waals surface area contributed by atoms with Crippen molar-refractivity contribution in [2.45, 2.75) is 13.1 Å². The van der Waals surface area contributed by atoms with Crippen LogP contribution in [0, 0.1) is 0 Å². The van der Waals surface area contributed by atoms with Crippen LogP contribution in [0.15, 0.2) is 84.2 Å². The first-order valence-electron chi connectivity index (χ1n) is 9.83. The molecule has 2 aromatic heterocycles. The predicted molar refractivity (Wildman–Crippen MR) is 135 cm³/mol. The van der Waals surface area contributed by atoms with E-state index in [1.165, 1.54) is 0 Å². The summed E-state index contributed by atoms with van der Waals surface area (Å²) in [6.07, 6.45) is 5.60. The molecule has 0 aliphatic heterocycles. The van der Waals surface area contributed by atoms with Crippen LogP contribution in [0.4, 0.5) is 0 Å². The van der Waals surface area contributed by atoms with Gasteiger partial charge >= 0.3 is 0 Å². The first kappa shape index (κ1) is 22.5. The number of hydrogen-bond donors (Lipinski definition) is 2. The van der Waals surface area contributed by atoms with Gasteiger partial charge in [-0.1, -0.05) is 48.5 Å². The van der Waals surface area contributed by atoms with Crippen molar-refractivity contribution in [3.8, 4) is 16.9 Å². The van der Waals surface area contributed by atoms with Gasteiger partial charge in [0.25, 0.3) is 0 Å². The van der Waals surface area contributed by atoms with Crippen LogP contribution in [0.3, 0.4) is 0 Å². The van der Waals surface area contributed by atoms with Gasteiger partial charge in [-0.3, -0.25) is 4.99 Å². The minimum atomic E-state index is 0. The predicted octanol–water partition coefficient (Wildman–Crippen LogP) is 4.09. The van der Waals surface area contributed by atoms with Crippen molar-refractivity contribution in [2.75, 3.05) is 14.1 Å². The maximum Gasteiger partial charge on any atom is 0.194 e. The van der Waals surface area contributed by atoms with Gasteiger partial charge in [0.2, 0.25) is 0 Å². The molecule has 31 heavy (non-hydrogen) atoms. The molecule has 0 aliphatic carbocycles. The topological polar surface area (TPSA) is 74.1 Å². The summed E-state index contributed by atoms with van der Waals surface area (Å²) >= 11 is 0. The summed E-state index contributed by atoms with van der Waals surface area (Å²) < 4.78 is 1.87. The normalized spacial score (nSPS) is 11.1. The molecule has 0 atom stereocenters. The molecule has 160 valence electrons. The molecule has 0 saturated carbocycles. The van der Waals surface area contributed by atoms with Gasteiger partial charge in [-0.2, -0.15) is 5.10 Å². The van der Waals surface area contributed by atoms with Gasteiger partial charge in [0.15, 0.2) is 5.96 Å². The summed E-state index contributed by atoms with van der Waals surface area (Å²) in [5, 5.41) is 7.79. The Morgan fingerprint density at radius 1 is 1.10 bits per heavy atom. The number of aliphatic imine (C=N–C) groups is 1. The lowest BCUT2D eigenvalue weighted by atomic mass is 10.2. The molecule has 2 N–H and O–H groups in total. The molecule has 4 rings (SSSR count). The molecule has 0 bridgehead atoms. The highest BCUT2D eigenvalue weighted by molar-refractivity contribution is 14.0. The van der Waals surface area contributed by atoms with Gasteiger partial charge in [-0.05, 0) is 23.3 Å². The highest BCUT2D eigenvalue weighted by Crippen LogP contribution is 2.17. The molecule has 0 unspecified atom stereocenters. The molecule has 2 heterocycles. The van der Waals surface area contributed by atoms with Gasteiger partial charge in [0.1, 0.15) is 5.82 Å². The van der Waals surface area contributed by atoms with E-state index in [-0.39, 0.29) is 24.0 Å². The van der Waals surface area contributed by atoms with Crippen molar-refractivity contribution in [3.63, 3.8) is 0 Å². The van der Waals surface area contributed by atoms with Crippen LogP contribution in [0.5, 0.6) is 0 Å². The number of H-pyrrole nitrogens is 1. The molecule has 0 aliphatic rings. The minimum Gasteiger partial charge on any atom is -0.352 e. The minimum absolute atomic E-state index is 0. The average molecular weight is 527 g/mol. The number of halogens is 1. The van der Waals surface area contributed by atoms with Crippen LogP contribution in [-0.4, -0.2) is 44.7 Å². The van der Waals surface area contributed by atoms with Crippen molar-refractivity contribution in [2.24, 2.45) is 4.99 Å². The summed E-state index contributed by atoms with van der Waals surface area (Å²) in [6.45, 7) is 1.26. The molecular weight excluding hydrogens is 501 g/mol. The Morgan fingerprint density at radius 2 is 1.87 bits per heavy atom. The second kappa shape index (κ2) is 10.8. The zero-order chi connectivity index (χ0) is 20.8. The van der Waals surface area contributed by atoms with Crippen LogP contribution in [0.2, 0.25) is 0 Å². The average Bonchev–Trinajstić information content (AvgIpc) is 3.48. The first-order chi connectivity index (χ1) is 14.7. The molecule has 2 aromatic carbocycles. The van der Waals surface area contributed by atoms with Gasteiger partial charge in [-0.25, -0.2) is 9.67 Å². The van der Waals surface area contributed by atoms with Crippen LogP contribution in [0.1, 0.15) is 11.4 Å². The lowest BCUT2D eigenvalue weighted by Gasteiger charge is -2.21. The summed E-state index contributed by atoms with van der Waals surface area (Å²) in [5.74, 6) is 1.68. The second-order valence-corrected chi connectivity index (χ2v) is 6.95. The zero-order valence-electron chi connectivity index (χ0n) is 17.6.